The van der Waals surface area contributed by atoms with E-state index in [9.17, 15) is 9.90 Å². The molecule has 0 saturated carbocycles. The molecule has 0 atom stereocenters. The van der Waals surface area contributed by atoms with Crippen LogP contribution in [0.1, 0.15) is 5.56 Å². The first kappa shape index (κ1) is 15.5. The van der Waals surface area contributed by atoms with Gasteiger partial charge in [-0.15, -0.1) is 0 Å². The third-order valence-corrected chi connectivity index (χ3v) is 3.79. The van der Waals surface area contributed by atoms with Crippen LogP contribution in [0.15, 0.2) is 59.4 Å². The Morgan fingerprint density at radius 3 is 2.35 bits per heavy atom. The van der Waals surface area contributed by atoms with Crippen molar-refractivity contribution >= 4 is 11.6 Å². The van der Waals surface area contributed by atoms with Crippen molar-refractivity contribution in [3.8, 4) is 22.6 Å². The Bertz CT molecular complexity index is 858. The Labute approximate surface area is 138 Å². The highest BCUT2D eigenvalue weighted by Gasteiger charge is 2.14. The number of aromatic nitrogens is 2. The van der Waals surface area contributed by atoms with Gasteiger partial charge in [0.2, 0.25) is 0 Å². The number of hydrogen-bond acceptors (Lipinski definition) is 3. The summed E-state index contributed by atoms with van der Waals surface area (Å²) in [5, 5.41) is 9.86. The normalized spacial score (nSPS) is 10.7. The smallest absolute Gasteiger partial charge is 0.255 e. The van der Waals surface area contributed by atoms with Crippen molar-refractivity contribution in [3.63, 3.8) is 0 Å². The summed E-state index contributed by atoms with van der Waals surface area (Å²) in [5.74, 6) is 0.502. The van der Waals surface area contributed by atoms with E-state index in [1.54, 1.807) is 12.1 Å². The van der Waals surface area contributed by atoms with E-state index in [1.807, 2.05) is 42.5 Å². The first-order valence-corrected chi connectivity index (χ1v) is 7.62. The van der Waals surface area contributed by atoms with E-state index in [-0.39, 0.29) is 18.6 Å². The molecule has 4 nitrogen and oxygen atoms in total. The van der Waals surface area contributed by atoms with Crippen molar-refractivity contribution in [1.29, 1.82) is 0 Å². The first-order chi connectivity index (χ1) is 11.2. The third kappa shape index (κ3) is 3.33. The minimum Gasteiger partial charge on any atom is -0.396 e. The topological polar surface area (TPSA) is 66.0 Å². The molecule has 0 unspecified atom stereocenters. The van der Waals surface area contributed by atoms with E-state index in [1.165, 1.54) is 0 Å². The van der Waals surface area contributed by atoms with Crippen molar-refractivity contribution in [2.24, 2.45) is 0 Å². The van der Waals surface area contributed by atoms with Gasteiger partial charge < -0.3 is 10.1 Å². The maximum Gasteiger partial charge on any atom is 0.255 e. The van der Waals surface area contributed by atoms with Gasteiger partial charge in [-0.2, -0.15) is 0 Å². The molecule has 0 amide bonds. The molecule has 5 heteroatoms. The van der Waals surface area contributed by atoms with Gasteiger partial charge in [-0.1, -0.05) is 54.1 Å². The maximum atomic E-state index is 12.4. The standard InChI is InChI=1S/C18H15ClN2O2/c19-14-8-6-12(7-9-14)16-15(10-11-22)18(23)21-17(20-16)13-4-2-1-3-5-13/h1-9,22H,10-11H2,(H,20,21,23). The molecule has 0 aliphatic rings. The average Bonchev–Trinajstić information content (AvgIpc) is 2.58. The second-order valence-electron chi connectivity index (χ2n) is 5.09. The lowest BCUT2D eigenvalue weighted by Crippen LogP contribution is -2.18. The molecule has 116 valence electrons. The molecular weight excluding hydrogens is 312 g/mol. The molecule has 0 aliphatic heterocycles. The molecule has 1 aromatic heterocycles. The number of aliphatic hydroxyl groups is 1. The largest absolute Gasteiger partial charge is 0.396 e. The molecule has 2 aromatic carbocycles. The highest BCUT2D eigenvalue weighted by Crippen LogP contribution is 2.24. The lowest BCUT2D eigenvalue weighted by Gasteiger charge is -2.10. The molecule has 1 heterocycles. The summed E-state index contributed by atoms with van der Waals surface area (Å²) >= 11 is 5.93. The number of aromatic amines is 1. The molecular formula is C18H15ClN2O2. The Kier molecular flexibility index (Phi) is 4.55. The van der Waals surface area contributed by atoms with Gasteiger partial charge in [0.1, 0.15) is 5.82 Å². The summed E-state index contributed by atoms with van der Waals surface area (Å²) in [5.41, 5.74) is 2.42. The lowest BCUT2D eigenvalue weighted by atomic mass is 10.0. The summed E-state index contributed by atoms with van der Waals surface area (Å²) in [6, 6.07) is 16.6. The van der Waals surface area contributed by atoms with Crippen LogP contribution in [-0.4, -0.2) is 21.7 Å². The van der Waals surface area contributed by atoms with Crippen LogP contribution in [-0.2, 0) is 6.42 Å². The number of nitrogens with zero attached hydrogens (tertiary/aromatic N) is 1. The Morgan fingerprint density at radius 1 is 1.00 bits per heavy atom. The van der Waals surface area contributed by atoms with Crippen LogP contribution in [0.4, 0.5) is 0 Å². The fourth-order valence-electron chi connectivity index (χ4n) is 2.42. The number of benzene rings is 2. The predicted molar refractivity (Wildman–Crippen MR) is 91.5 cm³/mol. The molecule has 2 N–H and O–H groups in total. The van der Waals surface area contributed by atoms with Crippen molar-refractivity contribution in [2.75, 3.05) is 6.61 Å². The first-order valence-electron chi connectivity index (χ1n) is 7.24. The number of halogens is 1. The summed E-state index contributed by atoms with van der Waals surface area (Å²) < 4.78 is 0. The number of nitrogens with one attached hydrogen (secondary N) is 1. The van der Waals surface area contributed by atoms with Gasteiger partial charge in [0.05, 0.1) is 5.69 Å². The fraction of sp³-hybridized carbons (Fsp3) is 0.111. The average molecular weight is 327 g/mol. The zero-order valence-corrected chi connectivity index (χ0v) is 13.0. The summed E-state index contributed by atoms with van der Waals surface area (Å²) in [6.07, 6.45) is 0.245. The number of rotatable bonds is 4. The van der Waals surface area contributed by atoms with E-state index in [2.05, 4.69) is 9.97 Å². The van der Waals surface area contributed by atoms with E-state index < -0.39 is 0 Å². The zero-order chi connectivity index (χ0) is 16.2. The SMILES string of the molecule is O=c1[nH]c(-c2ccccc2)nc(-c2ccc(Cl)cc2)c1CCO. The van der Waals surface area contributed by atoms with Crippen LogP contribution in [0.2, 0.25) is 5.02 Å². The Balaban J connectivity index is 2.20. The molecule has 3 rings (SSSR count). The maximum absolute atomic E-state index is 12.4. The summed E-state index contributed by atoms with van der Waals surface area (Å²) in [4.78, 5) is 19.8. The minimum atomic E-state index is -0.238. The van der Waals surface area contributed by atoms with E-state index in [0.29, 0.717) is 22.1 Å². The zero-order valence-electron chi connectivity index (χ0n) is 12.3. The van der Waals surface area contributed by atoms with Crippen LogP contribution in [0.5, 0.6) is 0 Å². The van der Waals surface area contributed by atoms with Crippen molar-refractivity contribution in [1.82, 2.24) is 9.97 Å². The van der Waals surface area contributed by atoms with Gasteiger partial charge in [0, 0.05) is 34.7 Å². The summed E-state index contributed by atoms with van der Waals surface area (Å²) in [6.45, 7) is -0.115. The molecule has 3 aromatic rings. The molecule has 0 radical (unpaired) electrons. The minimum absolute atomic E-state index is 0.115. The van der Waals surface area contributed by atoms with Crippen molar-refractivity contribution < 1.29 is 5.11 Å². The number of aliphatic hydroxyl groups excluding tert-OH is 1. The third-order valence-electron chi connectivity index (χ3n) is 3.54. The van der Waals surface area contributed by atoms with E-state index >= 15 is 0 Å². The Morgan fingerprint density at radius 2 is 1.70 bits per heavy atom. The molecule has 0 bridgehead atoms. The van der Waals surface area contributed by atoms with E-state index in [0.717, 1.165) is 11.1 Å². The fourth-order valence-corrected chi connectivity index (χ4v) is 2.55. The molecule has 0 saturated heterocycles. The molecule has 0 fully saturated rings. The molecule has 0 aliphatic carbocycles. The highest BCUT2D eigenvalue weighted by molar-refractivity contribution is 6.30. The van der Waals surface area contributed by atoms with Crippen LogP contribution in [0.25, 0.3) is 22.6 Å². The van der Waals surface area contributed by atoms with E-state index in [4.69, 9.17) is 11.6 Å². The van der Waals surface area contributed by atoms with Crippen LogP contribution in [0, 0.1) is 0 Å². The van der Waals surface area contributed by atoms with Gasteiger partial charge in [0.25, 0.3) is 5.56 Å². The Hall–Kier alpha value is -2.43. The number of H-pyrrole nitrogens is 1. The summed E-state index contributed by atoms with van der Waals surface area (Å²) in [7, 11) is 0. The van der Waals surface area contributed by atoms with Gasteiger partial charge in [-0.25, -0.2) is 4.98 Å². The monoisotopic (exact) mass is 326 g/mol. The molecule has 23 heavy (non-hydrogen) atoms. The molecule has 0 spiro atoms. The second kappa shape index (κ2) is 6.77. The van der Waals surface area contributed by atoms with Gasteiger partial charge in [-0.05, 0) is 12.1 Å². The van der Waals surface area contributed by atoms with Gasteiger partial charge >= 0.3 is 0 Å². The second-order valence-corrected chi connectivity index (χ2v) is 5.52. The van der Waals surface area contributed by atoms with Crippen LogP contribution in [0.3, 0.4) is 0 Å². The highest BCUT2D eigenvalue weighted by atomic mass is 35.5. The number of hydrogen-bond donors (Lipinski definition) is 2. The van der Waals surface area contributed by atoms with Crippen molar-refractivity contribution in [3.05, 3.63) is 75.5 Å². The lowest BCUT2D eigenvalue weighted by molar-refractivity contribution is 0.299. The van der Waals surface area contributed by atoms with Crippen LogP contribution >= 0.6 is 11.6 Å². The quantitative estimate of drug-likeness (QED) is 0.773. The van der Waals surface area contributed by atoms with Crippen molar-refractivity contribution in [2.45, 2.75) is 6.42 Å². The van der Waals surface area contributed by atoms with Crippen LogP contribution < -0.4 is 5.56 Å². The van der Waals surface area contributed by atoms with Gasteiger partial charge in [-0.3, -0.25) is 4.79 Å². The van der Waals surface area contributed by atoms with Gasteiger partial charge in [0.15, 0.2) is 0 Å². The predicted octanol–water partition coefficient (Wildman–Crippen LogP) is 3.29.